The van der Waals surface area contributed by atoms with Gasteiger partial charge in [0, 0.05) is 5.41 Å². The Labute approximate surface area is 141 Å². The SMILES string of the molecule is CCCC1CCC(c2cccc(C)c2)(c2cccc(C)c2)CC1. The van der Waals surface area contributed by atoms with Gasteiger partial charge in [0.1, 0.15) is 0 Å². The predicted octanol–water partition coefficient (Wildman–Crippen LogP) is 6.58. The van der Waals surface area contributed by atoms with Crippen molar-refractivity contribution in [2.45, 2.75) is 64.7 Å². The summed E-state index contributed by atoms with van der Waals surface area (Å²) < 4.78 is 0. The van der Waals surface area contributed by atoms with Crippen LogP contribution >= 0.6 is 0 Å². The molecule has 0 saturated heterocycles. The second-order valence-corrected chi connectivity index (χ2v) is 7.55. The summed E-state index contributed by atoms with van der Waals surface area (Å²) in [5.41, 5.74) is 6.04. The highest BCUT2D eigenvalue weighted by Gasteiger charge is 2.38. The molecule has 0 atom stereocenters. The fourth-order valence-electron chi connectivity index (χ4n) is 4.50. The summed E-state index contributed by atoms with van der Waals surface area (Å²) >= 11 is 0. The Kier molecular flexibility index (Phi) is 4.90. The molecule has 23 heavy (non-hydrogen) atoms. The lowest BCUT2D eigenvalue weighted by Gasteiger charge is -2.42. The Morgan fingerprint density at radius 1 is 0.870 bits per heavy atom. The summed E-state index contributed by atoms with van der Waals surface area (Å²) in [5.74, 6) is 0.933. The summed E-state index contributed by atoms with van der Waals surface area (Å²) in [6.07, 6.45) is 8.06. The van der Waals surface area contributed by atoms with Gasteiger partial charge in [-0.1, -0.05) is 79.4 Å². The molecule has 2 aromatic carbocycles. The Morgan fingerprint density at radius 2 is 1.39 bits per heavy atom. The van der Waals surface area contributed by atoms with E-state index in [1.165, 1.54) is 60.8 Å². The molecule has 0 bridgehead atoms. The Balaban J connectivity index is 2.01. The van der Waals surface area contributed by atoms with Crippen LogP contribution in [0.3, 0.4) is 0 Å². The molecular weight excluding hydrogens is 276 g/mol. The number of aryl methyl sites for hydroxylation is 2. The third-order valence-electron chi connectivity index (χ3n) is 5.80. The molecule has 0 aliphatic heterocycles. The summed E-state index contributed by atoms with van der Waals surface area (Å²) in [4.78, 5) is 0. The van der Waals surface area contributed by atoms with E-state index < -0.39 is 0 Å². The van der Waals surface area contributed by atoms with Gasteiger partial charge < -0.3 is 0 Å². The maximum absolute atomic E-state index is 2.42. The van der Waals surface area contributed by atoms with E-state index in [1.54, 1.807) is 0 Å². The molecule has 1 fully saturated rings. The smallest absolute Gasteiger partial charge is 0.0203 e. The molecule has 122 valence electrons. The number of benzene rings is 2. The monoisotopic (exact) mass is 306 g/mol. The zero-order valence-corrected chi connectivity index (χ0v) is 14.9. The summed E-state index contributed by atoms with van der Waals surface area (Å²) in [6, 6.07) is 18.5. The topological polar surface area (TPSA) is 0 Å². The first kappa shape index (κ1) is 16.3. The quantitative estimate of drug-likeness (QED) is 0.598. The van der Waals surface area contributed by atoms with Crippen molar-refractivity contribution in [1.29, 1.82) is 0 Å². The van der Waals surface area contributed by atoms with Gasteiger partial charge in [0.2, 0.25) is 0 Å². The van der Waals surface area contributed by atoms with Gasteiger partial charge in [-0.25, -0.2) is 0 Å². The zero-order chi connectivity index (χ0) is 16.3. The van der Waals surface area contributed by atoms with E-state index in [0.717, 1.165) is 5.92 Å². The van der Waals surface area contributed by atoms with Crippen LogP contribution in [-0.2, 0) is 5.41 Å². The minimum atomic E-state index is 0.224. The van der Waals surface area contributed by atoms with Crippen LogP contribution in [0.5, 0.6) is 0 Å². The molecule has 0 nitrogen and oxygen atoms in total. The van der Waals surface area contributed by atoms with Gasteiger partial charge in [0.05, 0.1) is 0 Å². The summed E-state index contributed by atoms with van der Waals surface area (Å²) in [6.45, 7) is 6.76. The third kappa shape index (κ3) is 3.37. The highest BCUT2D eigenvalue weighted by atomic mass is 14.4. The fraction of sp³-hybridized carbons (Fsp3) is 0.478. The van der Waals surface area contributed by atoms with Crippen molar-refractivity contribution in [2.24, 2.45) is 5.92 Å². The van der Waals surface area contributed by atoms with Gasteiger partial charge in [-0.15, -0.1) is 0 Å². The summed E-state index contributed by atoms with van der Waals surface area (Å²) in [7, 11) is 0. The molecule has 0 heterocycles. The summed E-state index contributed by atoms with van der Waals surface area (Å²) in [5, 5.41) is 0. The average Bonchev–Trinajstić information content (AvgIpc) is 2.56. The average molecular weight is 306 g/mol. The molecule has 3 rings (SSSR count). The molecule has 0 spiro atoms. The van der Waals surface area contributed by atoms with E-state index in [2.05, 4.69) is 69.3 Å². The normalized spacial score (nSPS) is 18.0. The van der Waals surface area contributed by atoms with Gasteiger partial charge in [-0.05, 0) is 56.6 Å². The number of rotatable bonds is 4. The van der Waals surface area contributed by atoms with E-state index in [0.29, 0.717) is 0 Å². The molecule has 0 radical (unpaired) electrons. The van der Waals surface area contributed by atoms with E-state index in [1.807, 2.05) is 0 Å². The lowest BCUT2D eigenvalue weighted by Crippen LogP contribution is -2.33. The Hall–Kier alpha value is -1.56. The Morgan fingerprint density at radius 3 is 1.83 bits per heavy atom. The molecule has 0 amide bonds. The van der Waals surface area contributed by atoms with E-state index in [9.17, 15) is 0 Å². The van der Waals surface area contributed by atoms with Gasteiger partial charge in [-0.3, -0.25) is 0 Å². The van der Waals surface area contributed by atoms with Crippen molar-refractivity contribution in [3.8, 4) is 0 Å². The van der Waals surface area contributed by atoms with Crippen LogP contribution in [0.15, 0.2) is 48.5 Å². The second kappa shape index (κ2) is 6.91. The molecule has 0 N–H and O–H groups in total. The van der Waals surface area contributed by atoms with Crippen molar-refractivity contribution >= 4 is 0 Å². The molecule has 1 saturated carbocycles. The van der Waals surface area contributed by atoms with Crippen LogP contribution in [0.4, 0.5) is 0 Å². The predicted molar refractivity (Wildman–Crippen MR) is 100 cm³/mol. The molecule has 0 unspecified atom stereocenters. The standard InChI is InChI=1S/C23H30/c1-4-7-20-12-14-23(15-13-20,21-10-5-8-18(2)16-21)22-11-6-9-19(3)17-22/h5-6,8-11,16-17,20H,4,7,12-15H2,1-3H3. The van der Waals surface area contributed by atoms with Crippen LogP contribution in [0.2, 0.25) is 0 Å². The van der Waals surface area contributed by atoms with Crippen LogP contribution in [0, 0.1) is 19.8 Å². The lowest BCUT2D eigenvalue weighted by molar-refractivity contribution is 0.253. The Bertz CT molecular complexity index is 597. The minimum Gasteiger partial charge on any atom is -0.0654 e. The van der Waals surface area contributed by atoms with Crippen molar-refractivity contribution in [2.75, 3.05) is 0 Å². The zero-order valence-electron chi connectivity index (χ0n) is 14.9. The third-order valence-corrected chi connectivity index (χ3v) is 5.80. The van der Waals surface area contributed by atoms with Gasteiger partial charge >= 0.3 is 0 Å². The van der Waals surface area contributed by atoms with Crippen molar-refractivity contribution < 1.29 is 0 Å². The first-order valence-electron chi connectivity index (χ1n) is 9.28. The molecule has 1 aliphatic rings. The first-order chi connectivity index (χ1) is 11.1. The van der Waals surface area contributed by atoms with Gasteiger partial charge in [0.15, 0.2) is 0 Å². The van der Waals surface area contributed by atoms with Crippen LogP contribution in [0.1, 0.15) is 67.7 Å². The largest absolute Gasteiger partial charge is 0.0654 e. The van der Waals surface area contributed by atoms with Crippen molar-refractivity contribution in [3.05, 3.63) is 70.8 Å². The van der Waals surface area contributed by atoms with Gasteiger partial charge in [-0.2, -0.15) is 0 Å². The highest BCUT2D eigenvalue weighted by molar-refractivity contribution is 5.42. The van der Waals surface area contributed by atoms with Crippen molar-refractivity contribution in [3.63, 3.8) is 0 Å². The highest BCUT2D eigenvalue weighted by Crippen LogP contribution is 2.47. The van der Waals surface area contributed by atoms with E-state index in [-0.39, 0.29) is 5.41 Å². The van der Waals surface area contributed by atoms with Crippen LogP contribution in [-0.4, -0.2) is 0 Å². The van der Waals surface area contributed by atoms with Crippen molar-refractivity contribution in [1.82, 2.24) is 0 Å². The molecule has 1 aliphatic carbocycles. The fourth-order valence-corrected chi connectivity index (χ4v) is 4.50. The van der Waals surface area contributed by atoms with E-state index in [4.69, 9.17) is 0 Å². The minimum absolute atomic E-state index is 0.224. The van der Waals surface area contributed by atoms with E-state index >= 15 is 0 Å². The molecule has 0 aromatic heterocycles. The molecular formula is C23H30. The molecule has 0 heteroatoms. The maximum atomic E-state index is 2.42. The van der Waals surface area contributed by atoms with Crippen LogP contribution in [0.25, 0.3) is 0 Å². The number of hydrogen-bond donors (Lipinski definition) is 0. The number of hydrogen-bond acceptors (Lipinski definition) is 0. The van der Waals surface area contributed by atoms with Gasteiger partial charge in [0.25, 0.3) is 0 Å². The maximum Gasteiger partial charge on any atom is 0.0203 e. The molecule has 2 aromatic rings. The lowest BCUT2D eigenvalue weighted by atomic mass is 9.62. The second-order valence-electron chi connectivity index (χ2n) is 7.55. The first-order valence-corrected chi connectivity index (χ1v) is 9.28. The van der Waals surface area contributed by atoms with Crippen LogP contribution < -0.4 is 0 Å².